The molecule has 3 heterocycles. The van der Waals surface area contributed by atoms with E-state index in [1.54, 1.807) is 6.20 Å². The average molecular weight is 350 g/mol. The Labute approximate surface area is 152 Å². The standard InChI is InChI=1S/C20H22N4O2/c1-3-24-12-16(11-23-24)14-7-18-17(5-4-6-21-18)19(8-14)26-13(2)15-9-20(25)22-10-15/h4-8,11-13,15H,3,9-10H2,1-2H3,(H,22,25). The van der Waals surface area contributed by atoms with Crippen LogP contribution in [0.15, 0.2) is 42.9 Å². The van der Waals surface area contributed by atoms with Gasteiger partial charge < -0.3 is 10.1 Å². The number of rotatable bonds is 5. The van der Waals surface area contributed by atoms with Gasteiger partial charge in [0.1, 0.15) is 11.9 Å². The number of aromatic nitrogens is 3. The number of aryl methyl sites for hydroxylation is 1. The number of benzene rings is 1. The second-order valence-electron chi connectivity index (χ2n) is 6.72. The average Bonchev–Trinajstić information content (AvgIpc) is 3.30. The number of hydrogen-bond acceptors (Lipinski definition) is 4. The second kappa shape index (κ2) is 6.78. The maximum atomic E-state index is 11.5. The van der Waals surface area contributed by atoms with E-state index in [2.05, 4.69) is 28.4 Å². The molecule has 3 aromatic rings. The van der Waals surface area contributed by atoms with Crippen LogP contribution in [0.5, 0.6) is 5.75 Å². The lowest BCUT2D eigenvalue weighted by Crippen LogP contribution is -2.25. The van der Waals surface area contributed by atoms with E-state index in [0.717, 1.165) is 34.3 Å². The smallest absolute Gasteiger partial charge is 0.220 e. The van der Waals surface area contributed by atoms with Crippen LogP contribution in [0, 0.1) is 5.92 Å². The van der Waals surface area contributed by atoms with E-state index in [4.69, 9.17) is 4.74 Å². The first-order chi connectivity index (χ1) is 12.6. The van der Waals surface area contributed by atoms with Crippen molar-refractivity contribution in [1.29, 1.82) is 0 Å². The summed E-state index contributed by atoms with van der Waals surface area (Å²) < 4.78 is 8.20. The predicted octanol–water partition coefficient (Wildman–Crippen LogP) is 3.02. The van der Waals surface area contributed by atoms with Crippen LogP contribution in [0.2, 0.25) is 0 Å². The molecule has 134 valence electrons. The minimum absolute atomic E-state index is 0.0639. The Morgan fingerprint density at radius 2 is 2.27 bits per heavy atom. The zero-order chi connectivity index (χ0) is 18.1. The first-order valence-corrected chi connectivity index (χ1v) is 8.99. The Morgan fingerprint density at radius 3 is 3.00 bits per heavy atom. The van der Waals surface area contributed by atoms with Crippen molar-refractivity contribution in [1.82, 2.24) is 20.1 Å². The molecule has 26 heavy (non-hydrogen) atoms. The molecule has 1 amide bonds. The molecular weight excluding hydrogens is 328 g/mol. The first-order valence-electron chi connectivity index (χ1n) is 8.99. The zero-order valence-corrected chi connectivity index (χ0v) is 15.0. The van der Waals surface area contributed by atoms with E-state index in [0.29, 0.717) is 13.0 Å². The van der Waals surface area contributed by atoms with Gasteiger partial charge in [-0.25, -0.2) is 0 Å². The SMILES string of the molecule is CCn1cc(-c2cc(OC(C)C3CNC(=O)C3)c3cccnc3c2)cn1. The summed E-state index contributed by atoms with van der Waals surface area (Å²) in [4.78, 5) is 16.0. The molecule has 0 spiro atoms. The molecule has 4 rings (SSSR count). The van der Waals surface area contributed by atoms with Crippen LogP contribution >= 0.6 is 0 Å². The van der Waals surface area contributed by atoms with Gasteiger partial charge in [0.2, 0.25) is 5.91 Å². The van der Waals surface area contributed by atoms with Crippen molar-refractivity contribution in [3.05, 3.63) is 42.9 Å². The third-order valence-corrected chi connectivity index (χ3v) is 4.96. The lowest BCUT2D eigenvalue weighted by molar-refractivity contribution is -0.119. The molecule has 1 saturated heterocycles. The Balaban J connectivity index is 1.71. The highest BCUT2D eigenvalue weighted by Gasteiger charge is 2.28. The van der Waals surface area contributed by atoms with Crippen molar-refractivity contribution in [2.75, 3.05) is 6.54 Å². The van der Waals surface area contributed by atoms with Gasteiger partial charge in [0.15, 0.2) is 0 Å². The van der Waals surface area contributed by atoms with E-state index < -0.39 is 0 Å². The van der Waals surface area contributed by atoms with Gasteiger partial charge in [0.05, 0.1) is 11.7 Å². The fraction of sp³-hybridized carbons (Fsp3) is 0.350. The van der Waals surface area contributed by atoms with Gasteiger partial charge in [0.25, 0.3) is 0 Å². The highest BCUT2D eigenvalue weighted by Crippen LogP contribution is 2.33. The van der Waals surface area contributed by atoms with Crippen LogP contribution in [-0.2, 0) is 11.3 Å². The van der Waals surface area contributed by atoms with Crippen LogP contribution in [0.25, 0.3) is 22.0 Å². The Hall–Kier alpha value is -2.89. The number of pyridine rings is 1. The van der Waals surface area contributed by atoms with Gasteiger partial charge in [-0.05, 0) is 43.7 Å². The fourth-order valence-corrected chi connectivity index (χ4v) is 3.35. The largest absolute Gasteiger partial charge is 0.490 e. The van der Waals surface area contributed by atoms with E-state index in [1.165, 1.54) is 0 Å². The van der Waals surface area contributed by atoms with Gasteiger partial charge in [0, 0.05) is 48.8 Å². The van der Waals surface area contributed by atoms with Gasteiger partial charge in [-0.15, -0.1) is 0 Å². The molecule has 1 aliphatic heterocycles. The molecule has 6 heteroatoms. The highest BCUT2D eigenvalue weighted by molar-refractivity contribution is 5.90. The number of hydrogen-bond donors (Lipinski definition) is 1. The zero-order valence-electron chi connectivity index (χ0n) is 15.0. The van der Waals surface area contributed by atoms with E-state index >= 15 is 0 Å². The third kappa shape index (κ3) is 3.14. The third-order valence-electron chi connectivity index (χ3n) is 4.96. The summed E-state index contributed by atoms with van der Waals surface area (Å²) in [6.07, 6.45) is 6.12. The summed E-state index contributed by atoms with van der Waals surface area (Å²) in [5, 5.41) is 8.22. The summed E-state index contributed by atoms with van der Waals surface area (Å²) >= 11 is 0. The predicted molar refractivity (Wildman–Crippen MR) is 99.8 cm³/mol. The van der Waals surface area contributed by atoms with Crippen LogP contribution in [0.4, 0.5) is 0 Å². The number of fused-ring (bicyclic) bond motifs is 1. The summed E-state index contributed by atoms with van der Waals surface area (Å²) in [6, 6.07) is 8.03. The Bertz CT molecular complexity index is 950. The highest BCUT2D eigenvalue weighted by atomic mass is 16.5. The molecule has 0 bridgehead atoms. The molecule has 0 radical (unpaired) electrons. The van der Waals surface area contributed by atoms with E-state index in [1.807, 2.05) is 42.2 Å². The summed E-state index contributed by atoms with van der Waals surface area (Å²) in [6.45, 7) is 5.58. The second-order valence-corrected chi connectivity index (χ2v) is 6.72. The van der Waals surface area contributed by atoms with Crippen LogP contribution in [0.1, 0.15) is 20.3 Å². The Morgan fingerprint density at radius 1 is 1.38 bits per heavy atom. The normalized spacial score (nSPS) is 18.1. The molecule has 1 aromatic carbocycles. The van der Waals surface area contributed by atoms with Crippen molar-refractivity contribution < 1.29 is 9.53 Å². The number of amides is 1. The van der Waals surface area contributed by atoms with Crippen molar-refractivity contribution >= 4 is 16.8 Å². The molecule has 2 aromatic heterocycles. The number of nitrogens with zero attached hydrogens (tertiary/aromatic N) is 3. The van der Waals surface area contributed by atoms with Crippen LogP contribution in [0.3, 0.4) is 0 Å². The molecule has 0 saturated carbocycles. The van der Waals surface area contributed by atoms with Gasteiger partial charge in [-0.1, -0.05) is 0 Å². The summed E-state index contributed by atoms with van der Waals surface area (Å²) in [5.74, 6) is 1.07. The number of carbonyl (C=O) groups is 1. The van der Waals surface area contributed by atoms with E-state index in [-0.39, 0.29) is 17.9 Å². The van der Waals surface area contributed by atoms with Crippen molar-refractivity contribution in [3.63, 3.8) is 0 Å². The molecule has 1 N–H and O–H groups in total. The number of carbonyl (C=O) groups excluding carboxylic acids is 1. The van der Waals surface area contributed by atoms with Crippen molar-refractivity contribution in [2.45, 2.75) is 32.9 Å². The number of nitrogens with one attached hydrogen (secondary N) is 1. The summed E-state index contributed by atoms with van der Waals surface area (Å²) in [7, 11) is 0. The fourth-order valence-electron chi connectivity index (χ4n) is 3.35. The topological polar surface area (TPSA) is 69.0 Å². The molecule has 6 nitrogen and oxygen atoms in total. The van der Waals surface area contributed by atoms with E-state index in [9.17, 15) is 4.79 Å². The maximum absolute atomic E-state index is 11.5. The minimum Gasteiger partial charge on any atom is -0.490 e. The first kappa shape index (κ1) is 16.6. The molecule has 2 unspecified atom stereocenters. The monoisotopic (exact) mass is 350 g/mol. The molecular formula is C20H22N4O2. The molecule has 1 fully saturated rings. The number of ether oxygens (including phenoxy) is 1. The quantitative estimate of drug-likeness (QED) is 0.768. The lowest BCUT2D eigenvalue weighted by atomic mass is 10.0. The molecule has 0 aliphatic carbocycles. The summed E-state index contributed by atoms with van der Waals surface area (Å²) in [5.41, 5.74) is 2.95. The lowest BCUT2D eigenvalue weighted by Gasteiger charge is -2.21. The van der Waals surface area contributed by atoms with Crippen molar-refractivity contribution in [2.24, 2.45) is 5.92 Å². The molecule has 2 atom stereocenters. The van der Waals surface area contributed by atoms with Gasteiger partial charge >= 0.3 is 0 Å². The van der Waals surface area contributed by atoms with Gasteiger partial charge in [-0.2, -0.15) is 5.10 Å². The van der Waals surface area contributed by atoms with Gasteiger partial charge in [-0.3, -0.25) is 14.5 Å². The van der Waals surface area contributed by atoms with Crippen LogP contribution in [-0.4, -0.2) is 33.3 Å². The maximum Gasteiger partial charge on any atom is 0.220 e. The van der Waals surface area contributed by atoms with Crippen LogP contribution < -0.4 is 10.1 Å². The Kier molecular flexibility index (Phi) is 4.32. The minimum atomic E-state index is -0.0639. The van der Waals surface area contributed by atoms with Crippen molar-refractivity contribution in [3.8, 4) is 16.9 Å². The molecule has 1 aliphatic rings.